The summed E-state index contributed by atoms with van der Waals surface area (Å²) in [6.45, 7) is 0.910. The molecule has 2 aromatic rings. The highest BCUT2D eigenvalue weighted by Crippen LogP contribution is 2.18. The van der Waals surface area contributed by atoms with Crippen LogP contribution in [0.2, 0.25) is 0 Å². The number of esters is 1. The van der Waals surface area contributed by atoms with Crippen molar-refractivity contribution in [3.05, 3.63) is 53.9 Å². The Kier molecular flexibility index (Phi) is 5.50. The number of nitrogens with one attached hydrogen (secondary N) is 1. The summed E-state index contributed by atoms with van der Waals surface area (Å²) in [6, 6.07) is 8.77. The van der Waals surface area contributed by atoms with Crippen LogP contribution in [0.25, 0.3) is 0 Å². The lowest BCUT2D eigenvalue weighted by molar-refractivity contribution is 0.0469. The quantitative estimate of drug-likeness (QED) is 0.595. The Morgan fingerprint density at radius 2 is 1.81 bits per heavy atom. The van der Waals surface area contributed by atoms with Gasteiger partial charge in [0.1, 0.15) is 5.69 Å². The van der Waals surface area contributed by atoms with E-state index in [1.807, 2.05) is 0 Å². The number of carbonyl (C=O) groups excluding carboxylic acids is 2. The number of benzene rings is 1. The van der Waals surface area contributed by atoms with Gasteiger partial charge in [-0.1, -0.05) is 0 Å². The van der Waals surface area contributed by atoms with Gasteiger partial charge < -0.3 is 14.5 Å². The first-order valence-electron chi connectivity index (χ1n) is 8.00. The molecular formula is C17H18N2O6S. The first-order chi connectivity index (χ1) is 12.5. The van der Waals surface area contributed by atoms with Gasteiger partial charge in [0.2, 0.25) is 10.0 Å². The van der Waals surface area contributed by atoms with Gasteiger partial charge >= 0.3 is 5.97 Å². The Morgan fingerprint density at radius 1 is 1.12 bits per heavy atom. The first-order valence-corrected chi connectivity index (χ1v) is 9.44. The van der Waals surface area contributed by atoms with Crippen LogP contribution in [0.1, 0.15) is 20.8 Å². The number of aromatic nitrogens is 1. The van der Waals surface area contributed by atoms with E-state index in [1.165, 1.54) is 34.6 Å². The summed E-state index contributed by atoms with van der Waals surface area (Å²) in [5, 5.41) is 0. The van der Waals surface area contributed by atoms with E-state index in [-0.39, 0.29) is 16.2 Å². The molecule has 0 spiro atoms. The number of H-pyrrole nitrogens is 1. The van der Waals surface area contributed by atoms with Gasteiger partial charge in [0.05, 0.1) is 18.1 Å². The van der Waals surface area contributed by atoms with Gasteiger partial charge in [0.15, 0.2) is 12.4 Å². The number of ketones is 1. The third kappa shape index (κ3) is 4.01. The molecule has 1 aromatic carbocycles. The molecule has 8 nitrogen and oxygen atoms in total. The summed E-state index contributed by atoms with van der Waals surface area (Å²) < 4.78 is 36.5. The van der Waals surface area contributed by atoms with Crippen molar-refractivity contribution in [1.29, 1.82) is 0 Å². The summed E-state index contributed by atoms with van der Waals surface area (Å²) in [5.74, 6) is -1.05. The number of aromatic amines is 1. The zero-order valence-electron chi connectivity index (χ0n) is 13.9. The standard InChI is InChI=1S/C17H18N2O6S/c20-16(12-25-17(21)15-2-1-7-18-15)13-3-5-14(6-4-13)26(22,23)19-8-10-24-11-9-19/h1-7,18H,8-12H2. The first kappa shape index (κ1) is 18.3. The van der Waals surface area contributed by atoms with E-state index >= 15 is 0 Å². The summed E-state index contributed by atoms with van der Waals surface area (Å²) in [5.41, 5.74) is 0.523. The molecular weight excluding hydrogens is 360 g/mol. The molecule has 1 saturated heterocycles. The van der Waals surface area contributed by atoms with Crippen LogP contribution in [-0.2, 0) is 19.5 Å². The molecule has 9 heteroatoms. The third-order valence-electron chi connectivity index (χ3n) is 3.94. The lowest BCUT2D eigenvalue weighted by Gasteiger charge is -2.26. The van der Waals surface area contributed by atoms with Gasteiger partial charge in [-0.15, -0.1) is 0 Å². The fourth-order valence-corrected chi connectivity index (χ4v) is 3.91. The molecule has 1 aliphatic heterocycles. The number of morpholine rings is 1. The van der Waals surface area contributed by atoms with Crippen LogP contribution in [0, 0.1) is 0 Å². The predicted molar refractivity (Wildman–Crippen MR) is 91.4 cm³/mol. The topological polar surface area (TPSA) is 106 Å². The number of Topliss-reactive ketones (excluding diaryl/α,β-unsaturated/α-hetero) is 1. The average Bonchev–Trinajstić information content (AvgIpc) is 3.21. The van der Waals surface area contributed by atoms with E-state index in [0.29, 0.717) is 26.3 Å². The number of hydrogen-bond acceptors (Lipinski definition) is 6. The van der Waals surface area contributed by atoms with Gasteiger partial charge in [-0.05, 0) is 36.4 Å². The van der Waals surface area contributed by atoms with E-state index < -0.39 is 28.4 Å². The molecule has 138 valence electrons. The molecule has 1 aromatic heterocycles. The average molecular weight is 378 g/mol. The Bertz CT molecular complexity index is 868. The molecule has 1 fully saturated rings. The molecule has 0 aliphatic carbocycles. The van der Waals surface area contributed by atoms with Gasteiger partial charge in [-0.3, -0.25) is 4.79 Å². The minimum Gasteiger partial charge on any atom is -0.453 e. The minimum absolute atomic E-state index is 0.110. The van der Waals surface area contributed by atoms with E-state index in [9.17, 15) is 18.0 Å². The lowest BCUT2D eigenvalue weighted by Crippen LogP contribution is -2.40. The zero-order valence-corrected chi connectivity index (χ0v) is 14.7. The van der Waals surface area contributed by atoms with Gasteiger partial charge in [-0.25, -0.2) is 13.2 Å². The number of carbonyl (C=O) groups is 2. The van der Waals surface area contributed by atoms with E-state index in [4.69, 9.17) is 9.47 Å². The van der Waals surface area contributed by atoms with Crippen molar-refractivity contribution in [3.63, 3.8) is 0 Å². The highest BCUT2D eigenvalue weighted by Gasteiger charge is 2.26. The van der Waals surface area contributed by atoms with Crippen molar-refractivity contribution in [2.24, 2.45) is 0 Å². The number of rotatable bonds is 6. The molecule has 0 radical (unpaired) electrons. The van der Waals surface area contributed by atoms with Gasteiger partial charge in [0.25, 0.3) is 0 Å². The second-order valence-corrected chi connectivity index (χ2v) is 7.56. The Balaban J connectivity index is 1.63. The van der Waals surface area contributed by atoms with E-state index in [0.717, 1.165) is 0 Å². The van der Waals surface area contributed by atoms with Crippen LogP contribution in [0.3, 0.4) is 0 Å². The summed E-state index contributed by atoms with van der Waals surface area (Å²) in [4.78, 5) is 26.6. The highest BCUT2D eigenvalue weighted by molar-refractivity contribution is 7.89. The number of ether oxygens (including phenoxy) is 2. The van der Waals surface area contributed by atoms with Crippen molar-refractivity contribution < 1.29 is 27.5 Å². The molecule has 1 N–H and O–H groups in total. The predicted octanol–water partition coefficient (Wildman–Crippen LogP) is 1.08. The molecule has 0 saturated carbocycles. The molecule has 0 atom stereocenters. The van der Waals surface area contributed by atoms with Crippen LogP contribution in [0.4, 0.5) is 0 Å². The van der Waals surface area contributed by atoms with Crippen LogP contribution in [0.5, 0.6) is 0 Å². The van der Waals surface area contributed by atoms with Crippen LogP contribution in [-0.4, -0.2) is 62.4 Å². The van der Waals surface area contributed by atoms with E-state index in [1.54, 1.807) is 12.3 Å². The SMILES string of the molecule is O=C(COC(=O)c1ccc[nH]1)c1ccc(S(=O)(=O)N2CCOCC2)cc1. The molecule has 1 aliphatic rings. The molecule has 0 unspecified atom stereocenters. The lowest BCUT2D eigenvalue weighted by atomic mass is 10.1. The second-order valence-electron chi connectivity index (χ2n) is 5.62. The van der Waals surface area contributed by atoms with Crippen LogP contribution < -0.4 is 0 Å². The van der Waals surface area contributed by atoms with Gasteiger partial charge in [0, 0.05) is 24.8 Å². The van der Waals surface area contributed by atoms with Crippen molar-refractivity contribution >= 4 is 21.8 Å². The van der Waals surface area contributed by atoms with Gasteiger partial charge in [-0.2, -0.15) is 4.31 Å². The van der Waals surface area contributed by atoms with E-state index in [2.05, 4.69) is 4.98 Å². The van der Waals surface area contributed by atoms with Crippen LogP contribution >= 0.6 is 0 Å². The molecule has 26 heavy (non-hydrogen) atoms. The molecule has 2 heterocycles. The summed E-state index contributed by atoms with van der Waals surface area (Å²) in [7, 11) is -3.61. The normalized spacial score (nSPS) is 15.5. The van der Waals surface area contributed by atoms with Crippen molar-refractivity contribution in [2.75, 3.05) is 32.9 Å². The third-order valence-corrected chi connectivity index (χ3v) is 5.85. The van der Waals surface area contributed by atoms with Crippen LogP contribution in [0.15, 0.2) is 47.5 Å². The van der Waals surface area contributed by atoms with Crippen molar-refractivity contribution in [2.45, 2.75) is 4.90 Å². The fraction of sp³-hybridized carbons (Fsp3) is 0.294. The Hall–Kier alpha value is -2.49. The summed E-state index contributed by atoms with van der Waals surface area (Å²) in [6.07, 6.45) is 1.58. The number of hydrogen-bond donors (Lipinski definition) is 1. The van der Waals surface area contributed by atoms with Crippen molar-refractivity contribution in [1.82, 2.24) is 9.29 Å². The Morgan fingerprint density at radius 3 is 2.42 bits per heavy atom. The number of sulfonamides is 1. The van der Waals surface area contributed by atoms with Crippen molar-refractivity contribution in [3.8, 4) is 0 Å². The zero-order chi connectivity index (χ0) is 18.6. The molecule has 0 bridgehead atoms. The largest absolute Gasteiger partial charge is 0.453 e. The monoisotopic (exact) mass is 378 g/mol. The summed E-state index contributed by atoms with van der Waals surface area (Å²) >= 11 is 0. The number of nitrogens with zero attached hydrogens (tertiary/aromatic N) is 1. The minimum atomic E-state index is -3.61. The highest BCUT2D eigenvalue weighted by atomic mass is 32.2. The smallest absolute Gasteiger partial charge is 0.355 e. The maximum Gasteiger partial charge on any atom is 0.355 e. The Labute approximate surface area is 150 Å². The fourth-order valence-electron chi connectivity index (χ4n) is 2.50. The molecule has 3 rings (SSSR count). The maximum atomic E-state index is 12.5. The second kappa shape index (κ2) is 7.81. The molecule has 0 amide bonds. The maximum absolute atomic E-state index is 12.5.